The fraction of sp³-hybridized carbons (Fsp3) is 0.533. The number of carbonyl (C=O) groups is 1. The lowest BCUT2D eigenvalue weighted by atomic mass is 10.0. The predicted octanol–water partition coefficient (Wildman–Crippen LogP) is 1.36. The van der Waals surface area contributed by atoms with E-state index in [0.717, 1.165) is 39.1 Å². The van der Waals surface area contributed by atoms with E-state index in [9.17, 15) is 4.79 Å². The lowest BCUT2D eigenvalue weighted by Crippen LogP contribution is -2.44. The number of rotatable bonds is 2. The lowest BCUT2D eigenvalue weighted by molar-refractivity contribution is 0.191. The van der Waals surface area contributed by atoms with Crippen LogP contribution in [0.5, 0.6) is 0 Å². The molecule has 102 valence electrons. The maximum atomic E-state index is 12.2. The molecule has 3 rings (SSSR count). The molecule has 0 saturated carbocycles. The van der Waals surface area contributed by atoms with Gasteiger partial charge in [0.15, 0.2) is 0 Å². The highest BCUT2D eigenvalue weighted by molar-refractivity contribution is 5.74. The largest absolute Gasteiger partial charge is 0.338 e. The third kappa shape index (κ3) is 2.89. The maximum Gasteiger partial charge on any atom is 0.317 e. The number of urea groups is 1. The molecule has 0 bridgehead atoms. The second-order valence-corrected chi connectivity index (χ2v) is 5.49. The minimum Gasteiger partial charge on any atom is -0.338 e. The average molecular weight is 259 g/mol. The molecule has 1 fully saturated rings. The highest BCUT2D eigenvalue weighted by Gasteiger charge is 2.21. The Bertz CT molecular complexity index is 454. The van der Waals surface area contributed by atoms with Gasteiger partial charge < -0.3 is 15.5 Å². The maximum absolute atomic E-state index is 12.2. The molecular weight excluding hydrogens is 238 g/mol. The van der Waals surface area contributed by atoms with Crippen LogP contribution in [0.25, 0.3) is 0 Å². The summed E-state index contributed by atoms with van der Waals surface area (Å²) in [5.41, 5.74) is 2.66. The Kier molecular flexibility index (Phi) is 3.69. The molecule has 0 aliphatic carbocycles. The van der Waals surface area contributed by atoms with E-state index in [4.69, 9.17) is 0 Å². The van der Waals surface area contributed by atoms with Gasteiger partial charge in [0.2, 0.25) is 0 Å². The van der Waals surface area contributed by atoms with Crippen LogP contribution >= 0.6 is 0 Å². The van der Waals surface area contributed by atoms with Gasteiger partial charge >= 0.3 is 6.03 Å². The third-order valence-corrected chi connectivity index (χ3v) is 4.12. The summed E-state index contributed by atoms with van der Waals surface area (Å²) < 4.78 is 0. The van der Waals surface area contributed by atoms with Crippen LogP contribution in [0.2, 0.25) is 0 Å². The second-order valence-electron chi connectivity index (χ2n) is 5.49. The molecule has 0 aromatic heterocycles. The Morgan fingerprint density at radius 2 is 2.21 bits per heavy atom. The van der Waals surface area contributed by atoms with Crippen molar-refractivity contribution in [3.8, 4) is 0 Å². The monoisotopic (exact) mass is 259 g/mol. The number of nitrogens with zero attached hydrogens (tertiary/aromatic N) is 1. The summed E-state index contributed by atoms with van der Waals surface area (Å²) in [6.45, 7) is 4.47. The highest BCUT2D eigenvalue weighted by atomic mass is 16.2. The van der Waals surface area contributed by atoms with Crippen LogP contribution in [0.1, 0.15) is 17.5 Å². The summed E-state index contributed by atoms with van der Waals surface area (Å²) >= 11 is 0. The zero-order chi connectivity index (χ0) is 13.1. The van der Waals surface area contributed by atoms with Gasteiger partial charge in [-0.25, -0.2) is 4.79 Å². The van der Waals surface area contributed by atoms with Crippen LogP contribution < -0.4 is 10.6 Å². The topological polar surface area (TPSA) is 44.4 Å². The molecule has 0 spiro atoms. The molecule has 0 radical (unpaired) electrons. The smallest absolute Gasteiger partial charge is 0.317 e. The predicted molar refractivity (Wildman–Crippen MR) is 74.9 cm³/mol. The molecule has 4 heteroatoms. The molecule has 4 nitrogen and oxygen atoms in total. The van der Waals surface area contributed by atoms with E-state index < -0.39 is 0 Å². The summed E-state index contributed by atoms with van der Waals surface area (Å²) in [6, 6.07) is 8.48. The Labute approximate surface area is 114 Å². The standard InChI is InChI=1S/C15H21N3O/c19-15(17-10-12-5-7-16-9-12)18-8-6-13-3-1-2-4-14(13)11-18/h1-4,12,16H,5-11H2,(H,17,19). The second kappa shape index (κ2) is 5.61. The van der Waals surface area contributed by atoms with E-state index in [2.05, 4.69) is 28.8 Å². The number of hydrogen-bond acceptors (Lipinski definition) is 2. The van der Waals surface area contributed by atoms with E-state index in [1.807, 2.05) is 11.0 Å². The van der Waals surface area contributed by atoms with Crippen LogP contribution in [0, 0.1) is 5.92 Å². The zero-order valence-corrected chi connectivity index (χ0v) is 11.2. The number of fused-ring (bicyclic) bond motifs is 1. The first-order chi connectivity index (χ1) is 9.33. The average Bonchev–Trinajstić information content (AvgIpc) is 2.97. The molecule has 1 saturated heterocycles. The third-order valence-electron chi connectivity index (χ3n) is 4.12. The SMILES string of the molecule is O=C(NCC1CCNC1)N1CCc2ccccc2C1. The van der Waals surface area contributed by atoms with Crippen LogP contribution in [-0.4, -0.2) is 37.1 Å². The fourth-order valence-corrected chi connectivity index (χ4v) is 2.90. The Balaban J connectivity index is 1.54. The molecule has 1 aromatic rings. The van der Waals surface area contributed by atoms with Gasteiger partial charge in [-0.1, -0.05) is 24.3 Å². The molecule has 2 aliphatic rings. The molecular formula is C15H21N3O. The van der Waals surface area contributed by atoms with E-state index >= 15 is 0 Å². The Morgan fingerprint density at radius 1 is 1.37 bits per heavy atom. The molecule has 1 unspecified atom stereocenters. The summed E-state index contributed by atoms with van der Waals surface area (Å²) in [5.74, 6) is 0.598. The van der Waals surface area contributed by atoms with Crippen molar-refractivity contribution >= 4 is 6.03 Å². The lowest BCUT2D eigenvalue weighted by Gasteiger charge is -2.29. The number of amides is 2. The van der Waals surface area contributed by atoms with Gasteiger partial charge in [-0.15, -0.1) is 0 Å². The fourth-order valence-electron chi connectivity index (χ4n) is 2.90. The van der Waals surface area contributed by atoms with Crippen molar-refractivity contribution in [1.29, 1.82) is 0 Å². The number of carbonyl (C=O) groups excluding carboxylic acids is 1. The van der Waals surface area contributed by atoms with Gasteiger partial charge in [0.25, 0.3) is 0 Å². The van der Waals surface area contributed by atoms with Gasteiger partial charge in [-0.2, -0.15) is 0 Å². The van der Waals surface area contributed by atoms with Crippen molar-refractivity contribution in [2.24, 2.45) is 5.92 Å². The summed E-state index contributed by atoms with van der Waals surface area (Å²) in [5, 5.41) is 6.40. The van der Waals surface area contributed by atoms with Gasteiger partial charge in [0, 0.05) is 19.6 Å². The zero-order valence-electron chi connectivity index (χ0n) is 11.2. The number of benzene rings is 1. The van der Waals surface area contributed by atoms with Crippen molar-refractivity contribution < 1.29 is 4.79 Å². The first-order valence-electron chi connectivity index (χ1n) is 7.13. The minimum absolute atomic E-state index is 0.0846. The van der Waals surface area contributed by atoms with Gasteiger partial charge in [0.05, 0.1) is 0 Å². The molecule has 2 aliphatic heterocycles. The minimum atomic E-state index is 0.0846. The summed E-state index contributed by atoms with van der Waals surface area (Å²) in [4.78, 5) is 14.1. The first kappa shape index (κ1) is 12.5. The van der Waals surface area contributed by atoms with Crippen LogP contribution in [0.15, 0.2) is 24.3 Å². The molecule has 1 aromatic carbocycles. The van der Waals surface area contributed by atoms with E-state index in [1.165, 1.54) is 17.5 Å². The van der Waals surface area contributed by atoms with Crippen molar-refractivity contribution in [2.45, 2.75) is 19.4 Å². The van der Waals surface area contributed by atoms with E-state index in [-0.39, 0.29) is 6.03 Å². The van der Waals surface area contributed by atoms with E-state index in [1.54, 1.807) is 0 Å². The normalized spacial score (nSPS) is 22.1. The van der Waals surface area contributed by atoms with Crippen molar-refractivity contribution in [2.75, 3.05) is 26.2 Å². The van der Waals surface area contributed by atoms with Gasteiger partial charge in [-0.05, 0) is 43.0 Å². The van der Waals surface area contributed by atoms with E-state index in [0.29, 0.717) is 5.92 Å². The molecule has 2 N–H and O–H groups in total. The van der Waals surface area contributed by atoms with Crippen molar-refractivity contribution in [3.63, 3.8) is 0 Å². The van der Waals surface area contributed by atoms with Gasteiger partial charge in [0.1, 0.15) is 0 Å². The van der Waals surface area contributed by atoms with Crippen molar-refractivity contribution in [1.82, 2.24) is 15.5 Å². The van der Waals surface area contributed by atoms with Crippen molar-refractivity contribution in [3.05, 3.63) is 35.4 Å². The van der Waals surface area contributed by atoms with Crippen LogP contribution in [0.4, 0.5) is 4.79 Å². The molecule has 1 atom stereocenters. The Morgan fingerprint density at radius 3 is 3.00 bits per heavy atom. The van der Waals surface area contributed by atoms with Crippen LogP contribution in [-0.2, 0) is 13.0 Å². The van der Waals surface area contributed by atoms with Crippen LogP contribution in [0.3, 0.4) is 0 Å². The highest BCUT2D eigenvalue weighted by Crippen LogP contribution is 2.18. The Hall–Kier alpha value is -1.55. The quantitative estimate of drug-likeness (QED) is 0.842. The number of hydrogen-bond donors (Lipinski definition) is 2. The first-order valence-corrected chi connectivity index (χ1v) is 7.13. The van der Waals surface area contributed by atoms with Gasteiger partial charge in [-0.3, -0.25) is 0 Å². The summed E-state index contributed by atoms with van der Waals surface area (Å²) in [6.07, 6.45) is 2.14. The molecule has 2 heterocycles. The molecule has 19 heavy (non-hydrogen) atoms. The summed E-state index contributed by atoms with van der Waals surface area (Å²) in [7, 11) is 0. The number of nitrogens with one attached hydrogen (secondary N) is 2. The molecule has 2 amide bonds.